The summed E-state index contributed by atoms with van der Waals surface area (Å²) in [6.45, 7) is 7.76. The van der Waals surface area contributed by atoms with Crippen LogP contribution in [0.4, 0.5) is 0 Å². The maximum atomic E-state index is 11.2. The first-order valence-corrected chi connectivity index (χ1v) is 10.1. The van der Waals surface area contributed by atoms with Crippen LogP contribution in [-0.2, 0) is 30.5 Å². The second-order valence-electron chi connectivity index (χ2n) is 9.13. The van der Waals surface area contributed by atoms with Crippen LogP contribution >= 0.6 is 0 Å². The highest BCUT2D eigenvalue weighted by Gasteiger charge is 2.28. The van der Waals surface area contributed by atoms with Gasteiger partial charge >= 0.3 is 5.97 Å². The average Bonchev–Trinajstić information content (AvgIpc) is 3.24. The van der Waals surface area contributed by atoms with E-state index in [4.69, 9.17) is 8.83 Å². The van der Waals surface area contributed by atoms with Crippen LogP contribution in [0.5, 0.6) is 0 Å². The van der Waals surface area contributed by atoms with E-state index in [9.17, 15) is 15.0 Å². The summed E-state index contributed by atoms with van der Waals surface area (Å²) in [6, 6.07) is 7.89. The lowest BCUT2D eigenvalue weighted by atomic mass is 9.88. The summed E-state index contributed by atoms with van der Waals surface area (Å²) in [4.78, 5) is 11.2. The minimum absolute atomic E-state index is 0.0308. The summed E-state index contributed by atoms with van der Waals surface area (Å²) in [5.74, 6) is 2.76. The highest BCUT2D eigenvalue weighted by Crippen LogP contribution is 2.25. The first-order valence-electron chi connectivity index (χ1n) is 10.1. The maximum absolute atomic E-state index is 11.2. The van der Waals surface area contributed by atoms with E-state index >= 15 is 0 Å². The lowest BCUT2D eigenvalue weighted by Crippen LogP contribution is -2.25. The van der Waals surface area contributed by atoms with Crippen LogP contribution in [0.25, 0.3) is 0 Å². The van der Waals surface area contributed by atoms with E-state index in [1.807, 2.05) is 24.3 Å². The van der Waals surface area contributed by atoms with Crippen molar-refractivity contribution in [2.45, 2.75) is 72.6 Å². The number of carboxylic acid groups (broad SMARTS) is 1. The van der Waals surface area contributed by atoms with Crippen LogP contribution in [0.3, 0.4) is 0 Å². The first kappa shape index (κ1) is 22.3. The minimum Gasteiger partial charge on any atom is -0.481 e. The van der Waals surface area contributed by atoms with Crippen molar-refractivity contribution in [3.8, 4) is 0 Å². The summed E-state index contributed by atoms with van der Waals surface area (Å²) in [5.41, 5.74) is -0.858. The Kier molecular flexibility index (Phi) is 7.53. The Balaban J connectivity index is 1.74. The lowest BCUT2D eigenvalue weighted by Gasteiger charge is -2.20. The van der Waals surface area contributed by atoms with Crippen molar-refractivity contribution in [2.24, 2.45) is 10.8 Å². The minimum atomic E-state index is -0.827. The number of aliphatic hydroxyl groups is 1. The Morgan fingerprint density at radius 3 is 1.82 bits per heavy atom. The topological polar surface area (TPSA) is 83.8 Å². The molecule has 0 spiro atoms. The molecular weight excluding hydrogens is 356 g/mol. The van der Waals surface area contributed by atoms with Gasteiger partial charge in [-0.05, 0) is 62.8 Å². The van der Waals surface area contributed by atoms with Gasteiger partial charge in [0.1, 0.15) is 23.0 Å². The Labute approximate surface area is 167 Å². The second kappa shape index (κ2) is 9.46. The van der Waals surface area contributed by atoms with Crippen molar-refractivity contribution in [3.05, 3.63) is 47.3 Å². The number of aliphatic carboxylic acids is 1. The van der Waals surface area contributed by atoms with Gasteiger partial charge in [-0.25, -0.2) is 0 Å². The molecule has 2 aromatic rings. The molecule has 0 atom stereocenters. The zero-order chi connectivity index (χ0) is 20.8. The fourth-order valence-electron chi connectivity index (χ4n) is 3.11. The van der Waals surface area contributed by atoms with Crippen LogP contribution in [0.15, 0.2) is 33.1 Å². The van der Waals surface area contributed by atoms with Crippen LogP contribution in [-0.4, -0.2) is 22.8 Å². The summed E-state index contributed by atoms with van der Waals surface area (Å²) < 4.78 is 11.7. The Morgan fingerprint density at radius 2 is 1.32 bits per heavy atom. The number of hydrogen-bond donors (Lipinski definition) is 2. The predicted molar refractivity (Wildman–Crippen MR) is 108 cm³/mol. The van der Waals surface area contributed by atoms with E-state index in [0.29, 0.717) is 12.2 Å². The molecule has 0 aliphatic carbocycles. The Morgan fingerprint density at radius 1 is 0.857 bits per heavy atom. The van der Waals surface area contributed by atoms with E-state index in [2.05, 4.69) is 13.8 Å². The number of furan rings is 2. The molecule has 28 heavy (non-hydrogen) atoms. The molecule has 5 nitrogen and oxygen atoms in total. The largest absolute Gasteiger partial charge is 0.481 e. The summed E-state index contributed by atoms with van der Waals surface area (Å²) in [7, 11) is 0. The van der Waals surface area contributed by atoms with Crippen LogP contribution < -0.4 is 0 Å². The van der Waals surface area contributed by atoms with Crippen LogP contribution in [0.2, 0.25) is 0 Å². The van der Waals surface area contributed by atoms with E-state index < -0.39 is 11.4 Å². The molecule has 0 aliphatic rings. The van der Waals surface area contributed by atoms with Gasteiger partial charge in [-0.2, -0.15) is 0 Å². The Bertz CT molecular complexity index is 751. The molecular formula is C23H34O5. The van der Waals surface area contributed by atoms with Crippen molar-refractivity contribution in [2.75, 3.05) is 6.61 Å². The predicted octanol–water partition coefficient (Wildman–Crippen LogP) is 5.04. The zero-order valence-corrected chi connectivity index (χ0v) is 17.6. The zero-order valence-electron chi connectivity index (χ0n) is 17.6. The molecule has 0 saturated heterocycles. The third-order valence-corrected chi connectivity index (χ3v) is 5.18. The first-order chi connectivity index (χ1) is 13.1. The van der Waals surface area contributed by atoms with Gasteiger partial charge in [0.25, 0.3) is 0 Å². The van der Waals surface area contributed by atoms with E-state index in [1.54, 1.807) is 13.8 Å². The molecule has 0 aliphatic heterocycles. The highest BCUT2D eigenvalue weighted by molar-refractivity contribution is 5.73. The van der Waals surface area contributed by atoms with Gasteiger partial charge in [-0.15, -0.1) is 0 Å². The quantitative estimate of drug-likeness (QED) is 0.530. The van der Waals surface area contributed by atoms with E-state index in [1.165, 1.54) is 0 Å². The van der Waals surface area contributed by atoms with Gasteiger partial charge in [0, 0.05) is 32.3 Å². The molecule has 2 aromatic heterocycles. The fourth-order valence-corrected chi connectivity index (χ4v) is 3.11. The molecule has 2 heterocycles. The number of hydrogen-bond acceptors (Lipinski definition) is 4. The SMILES string of the molecule is CC(C)(CO)CCCc1ccc(CCCc2ccc(CC(C)(C)C(=O)O)o2)o1. The second-order valence-corrected chi connectivity index (χ2v) is 9.13. The van der Waals surface area contributed by atoms with E-state index in [0.717, 1.165) is 55.8 Å². The number of aliphatic hydroxyl groups excluding tert-OH is 1. The summed E-state index contributed by atoms with van der Waals surface area (Å²) >= 11 is 0. The van der Waals surface area contributed by atoms with Gasteiger partial charge in [0.15, 0.2) is 0 Å². The molecule has 2 N–H and O–H groups in total. The van der Waals surface area contributed by atoms with Gasteiger partial charge in [-0.3, -0.25) is 4.79 Å². The third kappa shape index (κ3) is 6.86. The van der Waals surface area contributed by atoms with Crippen molar-refractivity contribution in [1.82, 2.24) is 0 Å². The van der Waals surface area contributed by atoms with E-state index in [-0.39, 0.29) is 12.0 Å². The molecule has 156 valence electrons. The Hall–Kier alpha value is -2.01. The standard InChI is InChI=1S/C23H34O5/c1-22(2,16-24)14-6-9-19-11-10-17(27-19)7-5-8-18-12-13-20(28-18)15-23(3,4)21(25)26/h10-13,24H,5-9,14-16H2,1-4H3,(H,25,26). The molecule has 0 aromatic carbocycles. The fraction of sp³-hybridized carbons (Fsp3) is 0.609. The van der Waals surface area contributed by atoms with Crippen molar-refractivity contribution < 1.29 is 23.8 Å². The molecule has 0 bridgehead atoms. The van der Waals surface area contributed by atoms with Gasteiger partial charge in [0.2, 0.25) is 0 Å². The maximum Gasteiger partial charge on any atom is 0.309 e. The molecule has 0 radical (unpaired) electrons. The molecule has 2 rings (SSSR count). The lowest BCUT2D eigenvalue weighted by molar-refractivity contribution is -0.147. The monoisotopic (exact) mass is 390 g/mol. The summed E-state index contributed by atoms with van der Waals surface area (Å²) in [6.07, 6.45) is 5.81. The van der Waals surface area contributed by atoms with Crippen LogP contribution in [0, 0.1) is 10.8 Å². The molecule has 0 amide bonds. The van der Waals surface area contributed by atoms with Gasteiger partial charge < -0.3 is 19.0 Å². The molecule has 0 saturated carbocycles. The number of carboxylic acids is 1. The van der Waals surface area contributed by atoms with Crippen LogP contribution in [0.1, 0.15) is 70.0 Å². The molecule has 5 heteroatoms. The molecule has 0 fully saturated rings. The van der Waals surface area contributed by atoms with Crippen molar-refractivity contribution >= 4 is 5.97 Å². The number of aryl methyl sites for hydroxylation is 3. The van der Waals surface area contributed by atoms with Gasteiger partial charge in [0.05, 0.1) is 5.41 Å². The number of carbonyl (C=O) groups is 1. The highest BCUT2D eigenvalue weighted by atomic mass is 16.4. The van der Waals surface area contributed by atoms with Gasteiger partial charge in [-0.1, -0.05) is 13.8 Å². The summed E-state index contributed by atoms with van der Waals surface area (Å²) in [5, 5.41) is 18.5. The van der Waals surface area contributed by atoms with Crippen molar-refractivity contribution in [3.63, 3.8) is 0 Å². The molecule has 0 unspecified atom stereocenters. The average molecular weight is 391 g/mol. The third-order valence-electron chi connectivity index (χ3n) is 5.18. The smallest absolute Gasteiger partial charge is 0.309 e. The normalized spacial score (nSPS) is 12.5. The van der Waals surface area contributed by atoms with Crippen molar-refractivity contribution in [1.29, 1.82) is 0 Å². The number of rotatable bonds is 12.